The second-order valence-corrected chi connectivity index (χ2v) is 5.71. The lowest BCUT2D eigenvalue weighted by atomic mass is 9.95. The van der Waals surface area contributed by atoms with Crippen LogP contribution in [0.15, 0.2) is 18.2 Å². The molecule has 1 aromatic carbocycles. The Balaban J connectivity index is 2.96. The molecule has 0 aliphatic carbocycles. The predicted molar refractivity (Wildman–Crippen MR) is 80.2 cm³/mol. The van der Waals surface area contributed by atoms with E-state index >= 15 is 0 Å². The zero-order valence-electron chi connectivity index (χ0n) is 13.2. The third-order valence-electron chi connectivity index (χ3n) is 3.44. The Morgan fingerprint density at radius 3 is 2.52 bits per heavy atom. The van der Waals surface area contributed by atoms with Crippen LogP contribution in [0.3, 0.4) is 0 Å². The molecule has 0 heterocycles. The van der Waals surface area contributed by atoms with Crippen molar-refractivity contribution in [1.82, 2.24) is 0 Å². The molecule has 4 heteroatoms. The third-order valence-corrected chi connectivity index (χ3v) is 3.44. The largest absolute Gasteiger partial charge is 0.457 e. The van der Waals surface area contributed by atoms with E-state index in [9.17, 15) is 14.3 Å². The maximum absolute atomic E-state index is 14.2. The van der Waals surface area contributed by atoms with Crippen molar-refractivity contribution >= 4 is 5.97 Å². The summed E-state index contributed by atoms with van der Waals surface area (Å²) in [6, 6.07) is 4.67. The Bertz CT molecular complexity index is 471. The van der Waals surface area contributed by atoms with Crippen LogP contribution in [0.5, 0.6) is 0 Å². The lowest BCUT2D eigenvalue weighted by molar-refractivity contribution is -0.149. The van der Waals surface area contributed by atoms with Crippen LogP contribution in [-0.4, -0.2) is 11.1 Å². The minimum Gasteiger partial charge on any atom is -0.457 e. The van der Waals surface area contributed by atoms with Crippen LogP contribution in [0.25, 0.3) is 0 Å². The molecule has 2 atom stereocenters. The molecule has 0 aromatic heterocycles. The Morgan fingerprint density at radius 1 is 1.38 bits per heavy atom. The van der Waals surface area contributed by atoms with Crippen LogP contribution in [0.4, 0.5) is 4.39 Å². The van der Waals surface area contributed by atoms with E-state index in [1.54, 1.807) is 12.1 Å². The molecular formula is C17H25FO3. The van der Waals surface area contributed by atoms with Gasteiger partial charge in [-0.1, -0.05) is 45.7 Å². The minimum atomic E-state index is -0.787. The van der Waals surface area contributed by atoms with Crippen molar-refractivity contribution in [1.29, 1.82) is 0 Å². The van der Waals surface area contributed by atoms with Crippen molar-refractivity contribution in [2.24, 2.45) is 5.92 Å². The van der Waals surface area contributed by atoms with Gasteiger partial charge in [-0.25, -0.2) is 4.39 Å². The van der Waals surface area contributed by atoms with Gasteiger partial charge in [-0.3, -0.25) is 4.79 Å². The lowest BCUT2D eigenvalue weighted by Gasteiger charge is -2.22. The second kappa shape index (κ2) is 8.13. The van der Waals surface area contributed by atoms with Crippen molar-refractivity contribution < 1.29 is 19.0 Å². The highest BCUT2D eigenvalue weighted by Crippen LogP contribution is 2.30. The number of esters is 1. The van der Waals surface area contributed by atoms with Gasteiger partial charge < -0.3 is 9.84 Å². The quantitative estimate of drug-likeness (QED) is 0.763. The van der Waals surface area contributed by atoms with Crippen LogP contribution >= 0.6 is 0 Å². The molecule has 3 nitrogen and oxygen atoms in total. The summed E-state index contributed by atoms with van der Waals surface area (Å²) in [5, 5.41) is 9.99. The molecule has 0 bridgehead atoms. The Labute approximate surface area is 126 Å². The highest BCUT2D eigenvalue weighted by Gasteiger charge is 2.21. The molecule has 1 N–H and O–H groups in total. The van der Waals surface area contributed by atoms with E-state index in [0.717, 1.165) is 12.8 Å². The SMILES string of the molecule is CCCCC(O)c1ccc(C(OC(C)=O)C(C)C)cc1F. The molecule has 0 radical (unpaired) electrons. The zero-order valence-corrected chi connectivity index (χ0v) is 13.2. The molecule has 1 aromatic rings. The summed E-state index contributed by atoms with van der Waals surface area (Å²) in [5.41, 5.74) is 0.918. The Hall–Kier alpha value is -1.42. The zero-order chi connectivity index (χ0) is 16.0. The van der Waals surface area contributed by atoms with Gasteiger partial charge in [0.1, 0.15) is 11.9 Å². The lowest BCUT2D eigenvalue weighted by Crippen LogP contribution is -2.15. The molecule has 0 aliphatic rings. The fourth-order valence-electron chi connectivity index (χ4n) is 2.31. The molecule has 0 saturated heterocycles. The van der Waals surface area contributed by atoms with E-state index in [1.165, 1.54) is 13.0 Å². The van der Waals surface area contributed by atoms with Crippen molar-refractivity contribution in [3.8, 4) is 0 Å². The van der Waals surface area contributed by atoms with Gasteiger partial charge in [0.05, 0.1) is 6.10 Å². The van der Waals surface area contributed by atoms with Gasteiger partial charge >= 0.3 is 5.97 Å². The molecule has 118 valence electrons. The van der Waals surface area contributed by atoms with E-state index in [-0.39, 0.29) is 11.9 Å². The van der Waals surface area contributed by atoms with Gasteiger partial charge in [-0.05, 0) is 24.0 Å². The summed E-state index contributed by atoms with van der Waals surface area (Å²) >= 11 is 0. The van der Waals surface area contributed by atoms with Gasteiger partial charge in [0.2, 0.25) is 0 Å². The molecule has 0 amide bonds. The summed E-state index contributed by atoms with van der Waals surface area (Å²) in [6.07, 6.45) is 1.09. The summed E-state index contributed by atoms with van der Waals surface area (Å²) in [4.78, 5) is 11.2. The van der Waals surface area contributed by atoms with E-state index in [0.29, 0.717) is 17.5 Å². The van der Waals surface area contributed by atoms with Crippen molar-refractivity contribution in [2.45, 2.75) is 59.2 Å². The first-order chi connectivity index (χ1) is 9.86. The maximum Gasteiger partial charge on any atom is 0.303 e. The smallest absolute Gasteiger partial charge is 0.303 e. The summed E-state index contributed by atoms with van der Waals surface area (Å²) in [6.45, 7) is 7.19. The highest BCUT2D eigenvalue weighted by atomic mass is 19.1. The molecule has 0 fully saturated rings. The summed E-state index contributed by atoms with van der Waals surface area (Å²) in [5.74, 6) is -0.792. The van der Waals surface area contributed by atoms with Gasteiger partial charge in [0, 0.05) is 12.5 Å². The van der Waals surface area contributed by atoms with Gasteiger partial charge in [-0.2, -0.15) is 0 Å². The fourth-order valence-corrected chi connectivity index (χ4v) is 2.31. The number of hydrogen-bond acceptors (Lipinski definition) is 3. The second-order valence-electron chi connectivity index (χ2n) is 5.71. The van der Waals surface area contributed by atoms with Crippen molar-refractivity contribution in [2.75, 3.05) is 0 Å². The van der Waals surface area contributed by atoms with Crippen LogP contribution in [0.1, 0.15) is 70.3 Å². The third kappa shape index (κ3) is 5.12. The highest BCUT2D eigenvalue weighted by molar-refractivity contribution is 5.66. The van der Waals surface area contributed by atoms with Crippen LogP contribution in [-0.2, 0) is 9.53 Å². The number of carbonyl (C=O) groups excluding carboxylic acids is 1. The first-order valence-electron chi connectivity index (χ1n) is 7.51. The van der Waals surface area contributed by atoms with Gasteiger partial charge in [-0.15, -0.1) is 0 Å². The predicted octanol–water partition coefficient (Wildman–Crippen LogP) is 4.31. The standard InChI is InChI=1S/C17H25FO3/c1-5-6-7-16(20)14-9-8-13(10-15(14)18)17(11(2)3)21-12(4)19/h8-11,16-17,20H,5-7H2,1-4H3. The summed E-state index contributed by atoms with van der Waals surface area (Å²) in [7, 11) is 0. The topological polar surface area (TPSA) is 46.5 Å². The number of aliphatic hydroxyl groups is 1. The Kier molecular flexibility index (Phi) is 6.82. The average molecular weight is 296 g/mol. The molecule has 1 rings (SSSR count). The van der Waals surface area contributed by atoms with Crippen molar-refractivity contribution in [3.63, 3.8) is 0 Å². The molecule has 21 heavy (non-hydrogen) atoms. The number of aliphatic hydroxyl groups excluding tert-OH is 1. The van der Waals surface area contributed by atoms with E-state index < -0.39 is 18.0 Å². The number of carbonyl (C=O) groups is 1. The number of hydrogen-bond donors (Lipinski definition) is 1. The van der Waals surface area contributed by atoms with Gasteiger partial charge in [0.25, 0.3) is 0 Å². The molecular weight excluding hydrogens is 271 g/mol. The first-order valence-corrected chi connectivity index (χ1v) is 7.51. The molecule has 0 saturated carbocycles. The monoisotopic (exact) mass is 296 g/mol. The van der Waals surface area contributed by atoms with E-state index in [4.69, 9.17) is 4.74 Å². The minimum absolute atomic E-state index is 0.0455. The Morgan fingerprint density at radius 2 is 2.05 bits per heavy atom. The maximum atomic E-state index is 14.2. The van der Waals surface area contributed by atoms with Crippen LogP contribution < -0.4 is 0 Å². The fraction of sp³-hybridized carbons (Fsp3) is 0.588. The number of benzene rings is 1. The number of ether oxygens (including phenoxy) is 1. The molecule has 2 unspecified atom stereocenters. The number of halogens is 1. The average Bonchev–Trinajstić information content (AvgIpc) is 2.41. The van der Waals surface area contributed by atoms with Crippen molar-refractivity contribution in [3.05, 3.63) is 35.1 Å². The van der Waals surface area contributed by atoms with E-state index in [2.05, 4.69) is 0 Å². The number of unbranched alkanes of at least 4 members (excludes halogenated alkanes) is 1. The van der Waals surface area contributed by atoms with Crippen LogP contribution in [0, 0.1) is 11.7 Å². The number of rotatable bonds is 7. The van der Waals surface area contributed by atoms with E-state index in [1.807, 2.05) is 20.8 Å². The first kappa shape index (κ1) is 17.6. The summed E-state index contributed by atoms with van der Waals surface area (Å²) < 4.78 is 19.4. The normalized spacial score (nSPS) is 14.0. The van der Waals surface area contributed by atoms with Crippen LogP contribution in [0.2, 0.25) is 0 Å². The molecule has 0 spiro atoms. The van der Waals surface area contributed by atoms with Gasteiger partial charge in [0.15, 0.2) is 0 Å². The molecule has 0 aliphatic heterocycles.